The van der Waals surface area contributed by atoms with Crippen molar-refractivity contribution in [2.75, 3.05) is 5.32 Å². The molecule has 0 radical (unpaired) electrons. The zero-order valence-corrected chi connectivity index (χ0v) is 9.16. The van der Waals surface area contributed by atoms with Crippen molar-refractivity contribution in [3.05, 3.63) is 42.5 Å². The lowest BCUT2D eigenvalue weighted by Crippen LogP contribution is -2.18. The number of ether oxygens (including phenoxy) is 1. The van der Waals surface area contributed by atoms with Crippen molar-refractivity contribution >= 4 is 5.69 Å². The molecule has 7 heteroatoms. The van der Waals surface area contributed by atoms with E-state index in [1.165, 1.54) is 24.5 Å². The van der Waals surface area contributed by atoms with Gasteiger partial charge in [0.15, 0.2) is 5.75 Å². The maximum Gasteiger partial charge on any atom is 0.573 e. The average molecular weight is 257 g/mol. The lowest BCUT2D eigenvalue weighted by Gasteiger charge is -2.13. The van der Waals surface area contributed by atoms with E-state index in [0.717, 1.165) is 5.69 Å². The number of alkyl halides is 3. The zero-order valence-electron chi connectivity index (χ0n) is 9.16. The molecule has 0 unspecified atom stereocenters. The minimum Gasteiger partial charge on any atom is -0.404 e. The number of imidazole rings is 1. The number of nitrogens with zero attached hydrogens (tertiary/aromatic N) is 1. The first kappa shape index (κ1) is 12.3. The smallest absolute Gasteiger partial charge is 0.404 e. The van der Waals surface area contributed by atoms with Crippen LogP contribution in [-0.4, -0.2) is 16.3 Å². The number of para-hydroxylation sites is 2. The normalized spacial score (nSPS) is 11.3. The quantitative estimate of drug-likeness (QED) is 0.885. The highest BCUT2D eigenvalue weighted by molar-refractivity contribution is 5.56. The van der Waals surface area contributed by atoms with Crippen molar-refractivity contribution in [3.8, 4) is 5.75 Å². The number of nitrogens with one attached hydrogen (secondary N) is 2. The summed E-state index contributed by atoms with van der Waals surface area (Å²) >= 11 is 0. The molecule has 1 aromatic carbocycles. The molecule has 0 spiro atoms. The number of hydrogen-bond acceptors (Lipinski definition) is 3. The Morgan fingerprint density at radius 1 is 1.28 bits per heavy atom. The zero-order chi connectivity index (χ0) is 13.0. The van der Waals surface area contributed by atoms with E-state index < -0.39 is 6.36 Å². The van der Waals surface area contributed by atoms with E-state index >= 15 is 0 Å². The molecule has 0 fully saturated rings. The van der Waals surface area contributed by atoms with Crippen LogP contribution in [0, 0.1) is 0 Å². The maximum absolute atomic E-state index is 12.2. The number of aromatic nitrogens is 2. The Balaban J connectivity index is 2.07. The van der Waals surface area contributed by atoms with Crippen LogP contribution >= 0.6 is 0 Å². The SMILES string of the molecule is FC(F)(F)Oc1ccccc1NCc1cnc[nH]1. The molecule has 4 nitrogen and oxygen atoms in total. The molecule has 0 aliphatic carbocycles. The summed E-state index contributed by atoms with van der Waals surface area (Å²) < 4.78 is 40.4. The fraction of sp³-hybridized carbons (Fsp3) is 0.182. The predicted octanol–water partition coefficient (Wildman–Crippen LogP) is 2.92. The first-order chi connectivity index (χ1) is 8.54. The first-order valence-corrected chi connectivity index (χ1v) is 5.10. The molecule has 2 aromatic rings. The van der Waals surface area contributed by atoms with E-state index in [9.17, 15) is 13.2 Å². The third-order valence-corrected chi connectivity index (χ3v) is 2.14. The maximum atomic E-state index is 12.2. The van der Waals surface area contributed by atoms with Gasteiger partial charge in [-0.05, 0) is 12.1 Å². The summed E-state index contributed by atoms with van der Waals surface area (Å²) in [6, 6.07) is 5.86. The van der Waals surface area contributed by atoms with Gasteiger partial charge in [0.25, 0.3) is 0 Å². The van der Waals surface area contributed by atoms with Crippen molar-refractivity contribution in [2.45, 2.75) is 12.9 Å². The molecule has 0 aliphatic rings. The summed E-state index contributed by atoms with van der Waals surface area (Å²) in [5.41, 5.74) is 1.03. The van der Waals surface area contributed by atoms with Crippen LogP contribution in [0.1, 0.15) is 5.69 Å². The number of aromatic amines is 1. The van der Waals surface area contributed by atoms with Gasteiger partial charge in [-0.2, -0.15) is 0 Å². The number of hydrogen-bond donors (Lipinski definition) is 2. The minimum atomic E-state index is -4.70. The highest BCUT2D eigenvalue weighted by Gasteiger charge is 2.32. The lowest BCUT2D eigenvalue weighted by atomic mass is 10.3. The standard InChI is InChI=1S/C11H10F3N3O/c12-11(13,14)18-10-4-2-1-3-9(10)16-6-8-5-15-7-17-8/h1-5,7,16H,6H2,(H,15,17). The first-order valence-electron chi connectivity index (χ1n) is 5.10. The van der Waals surface area contributed by atoms with E-state index in [1.807, 2.05) is 0 Å². The second-order valence-electron chi connectivity index (χ2n) is 3.47. The highest BCUT2D eigenvalue weighted by Crippen LogP contribution is 2.29. The molecule has 2 N–H and O–H groups in total. The van der Waals surface area contributed by atoms with Gasteiger partial charge in [-0.25, -0.2) is 4.98 Å². The van der Waals surface area contributed by atoms with Crippen LogP contribution in [0.4, 0.5) is 18.9 Å². The molecule has 0 aliphatic heterocycles. The Bertz CT molecular complexity index is 496. The van der Waals surface area contributed by atoms with Gasteiger partial charge in [0, 0.05) is 6.20 Å². The van der Waals surface area contributed by atoms with Gasteiger partial charge in [-0.1, -0.05) is 12.1 Å². The molecule has 0 saturated heterocycles. The molecule has 0 atom stereocenters. The van der Waals surface area contributed by atoms with Crippen LogP contribution in [0.5, 0.6) is 5.75 Å². The van der Waals surface area contributed by atoms with Gasteiger partial charge >= 0.3 is 6.36 Å². The summed E-state index contributed by atoms with van der Waals surface area (Å²) in [6.07, 6.45) is -1.62. The summed E-state index contributed by atoms with van der Waals surface area (Å²) in [4.78, 5) is 6.65. The predicted molar refractivity (Wildman–Crippen MR) is 59.0 cm³/mol. The van der Waals surface area contributed by atoms with Crippen LogP contribution in [-0.2, 0) is 6.54 Å². The summed E-state index contributed by atoms with van der Waals surface area (Å²) in [5.74, 6) is -0.260. The van der Waals surface area contributed by atoms with E-state index in [2.05, 4.69) is 20.0 Å². The molecule has 0 saturated carbocycles. The Hall–Kier alpha value is -2.18. The summed E-state index contributed by atoms with van der Waals surface area (Å²) in [7, 11) is 0. The largest absolute Gasteiger partial charge is 0.573 e. The van der Waals surface area contributed by atoms with E-state index in [-0.39, 0.29) is 11.4 Å². The molecular weight excluding hydrogens is 247 g/mol. The molecule has 2 rings (SSSR count). The Kier molecular flexibility index (Phi) is 3.40. The number of rotatable bonds is 4. The topological polar surface area (TPSA) is 49.9 Å². The van der Waals surface area contributed by atoms with E-state index in [4.69, 9.17) is 0 Å². The van der Waals surface area contributed by atoms with E-state index in [1.54, 1.807) is 12.3 Å². The molecule has 96 valence electrons. The summed E-state index contributed by atoms with van der Waals surface area (Å²) in [6.45, 7) is 0.332. The monoisotopic (exact) mass is 257 g/mol. The fourth-order valence-electron chi connectivity index (χ4n) is 1.40. The second kappa shape index (κ2) is 4.99. The van der Waals surface area contributed by atoms with Crippen molar-refractivity contribution in [3.63, 3.8) is 0 Å². The van der Waals surface area contributed by atoms with Crippen molar-refractivity contribution in [2.24, 2.45) is 0 Å². The van der Waals surface area contributed by atoms with Crippen molar-refractivity contribution < 1.29 is 17.9 Å². The highest BCUT2D eigenvalue weighted by atomic mass is 19.4. The third kappa shape index (κ3) is 3.41. The molecule has 0 amide bonds. The Morgan fingerprint density at radius 3 is 2.72 bits per heavy atom. The number of H-pyrrole nitrogens is 1. The van der Waals surface area contributed by atoms with Gasteiger partial charge in [0.05, 0.1) is 24.3 Å². The molecule has 18 heavy (non-hydrogen) atoms. The van der Waals surface area contributed by atoms with Gasteiger partial charge < -0.3 is 15.0 Å². The molecule has 1 heterocycles. The fourth-order valence-corrected chi connectivity index (χ4v) is 1.40. The Labute approximate surface area is 101 Å². The van der Waals surface area contributed by atoms with Crippen LogP contribution in [0.25, 0.3) is 0 Å². The van der Waals surface area contributed by atoms with Gasteiger partial charge in [0.2, 0.25) is 0 Å². The van der Waals surface area contributed by atoms with Crippen LogP contribution in [0.15, 0.2) is 36.8 Å². The minimum absolute atomic E-state index is 0.260. The van der Waals surface area contributed by atoms with E-state index in [0.29, 0.717) is 6.54 Å². The lowest BCUT2D eigenvalue weighted by molar-refractivity contribution is -0.274. The average Bonchev–Trinajstić information content (AvgIpc) is 2.79. The van der Waals surface area contributed by atoms with Crippen LogP contribution in [0.2, 0.25) is 0 Å². The number of benzene rings is 1. The third-order valence-electron chi connectivity index (χ3n) is 2.14. The van der Waals surface area contributed by atoms with Crippen molar-refractivity contribution in [1.82, 2.24) is 9.97 Å². The van der Waals surface area contributed by atoms with Gasteiger partial charge in [0.1, 0.15) is 0 Å². The Morgan fingerprint density at radius 2 is 2.06 bits per heavy atom. The van der Waals surface area contributed by atoms with Crippen molar-refractivity contribution in [1.29, 1.82) is 0 Å². The molecule has 0 bridgehead atoms. The summed E-state index contributed by atoms with van der Waals surface area (Å²) in [5, 5.41) is 2.84. The second-order valence-corrected chi connectivity index (χ2v) is 3.47. The van der Waals surface area contributed by atoms with Gasteiger partial charge in [-0.15, -0.1) is 13.2 Å². The molecule has 1 aromatic heterocycles. The van der Waals surface area contributed by atoms with Crippen LogP contribution < -0.4 is 10.1 Å². The number of anilines is 1. The van der Waals surface area contributed by atoms with Crippen LogP contribution in [0.3, 0.4) is 0 Å². The van der Waals surface area contributed by atoms with Gasteiger partial charge in [-0.3, -0.25) is 0 Å². The number of halogens is 3. The molecular formula is C11H10F3N3O.